The summed E-state index contributed by atoms with van der Waals surface area (Å²) in [5.74, 6) is 0. The number of nitrogens with one attached hydrogen (secondary N) is 1. The quantitative estimate of drug-likeness (QED) is 0.520. The van der Waals surface area contributed by atoms with Crippen LogP contribution in [0.2, 0.25) is 0 Å². The molecule has 3 heteroatoms. The first kappa shape index (κ1) is 10.4. The Morgan fingerprint density at radius 2 is 1.57 bits per heavy atom. The molecule has 0 aliphatic rings. The topological polar surface area (TPSA) is 32.3 Å². The third-order valence-corrected chi connectivity index (χ3v) is 0.500. The Hall–Kier alpha value is 0.350. The zero-order valence-electron chi connectivity index (χ0n) is 4.94. The lowest BCUT2D eigenvalue weighted by Crippen LogP contribution is -2.09. The molecule has 0 fully saturated rings. The van der Waals surface area contributed by atoms with E-state index in [4.69, 9.17) is 4.89 Å². The summed E-state index contributed by atoms with van der Waals surface area (Å²) < 4.78 is 0. The second-order valence-electron chi connectivity index (χ2n) is 0.957. The van der Waals surface area contributed by atoms with Gasteiger partial charge in [-0.15, -0.1) is 0 Å². The minimum atomic E-state index is 1.09. The Balaban J connectivity index is 0. The molecule has 0 aromatic rings. The fourth-order valence-electron chi connectivity index (χ4n) is 0.250. The molecule has 1 unspecified atom stereocenters. The minimum Gasteiger partial charge on any atom is -0.380 e. The summed E-state index contributed by atoms with van der Waals surface area (Å²) in [7, 11) is 1.42. The van der Waals surface area contributed by atoms with Crippen molar-refractivity contribution in [1.82, 2.24) is 5.32 Å². The van der Waals surface area contributed by atoms with Crippen molar-refractivity contribution in [3.05, 3.63) is 0 Å². The largest absolute Gasteiger partial charge is 0.380 e. The molecule has 0 bridgehead atoms. The van der Waals surface area contributed by atoms with Crippen LogP contribution in [0.15, 0.2) is 0 Å². The summed E-state index contributed by atoms with van der Waals surface area (Å²) in [6, 6.07) is 0. The predicted octanol–water partition coefficient (Wildman–Crippen LogP) is 0.385. The van der Waals surface area contributed by atoms with Crippen LogP contribution in [0.1, 0.15) is 13.8 Å². The van der Waals surface area contributed by atoms with Crippen molar-refractivity contribution in [3.63, 3.8) is 0 Å². The third kappa shape index (κ3) is 21.8. The molecule has 1 atom stereocenters. The van der Waals surface area contributed by atoms with Crippen molar-refractivity contribution < 1.29 is 4.89 Å². The summed E-state index contributed by atoms with van der Waals surface area (Å²) in [5.41, 5.74) is 0. The standard InChI is InChI=1S/C4H11N.H3OP/c1-3-5-4-2;1-2/h5H,3-4H2,1-2H3;1H,2H2. The van der Waals surface area contributed by atoms with E-state index in [0.29, 0.717) is 0 Å². The monoisotopic (exact) mass is 123 g/mol. The lowest BCUT2D eigenvalue weighted by Gasteiger charge is -1.86. The first-order valence-corrected chi connectivity index (χ1v) is 2.90. The van der Waals surface area contributed by atoms with Gasteiger partial charge >= 0.3 is 0 Å². The van der Waals surface area contributed by atoms with Crippen molar-refractivity contribution >= 4 is 9.47 Å². The molecule has 2 N–H and O–H groups in total. The Bertz CT molecular complexity index is 19.2. The van der Waals surface area contributed by atoms with E-state index >= 15 is 0 Å². The van der Waals surface area contributed by atoms with Crippen LogP contribution in [0.3, 0.4) is 0 Å². The van der Waals surface area contributed by atoms with E-state index in [-0.39, 0.29) is 0 Å². The summed E-state index contributed by atoms with van der Waals surface area (Å²) in [6.07, 6.45) is 0. The van der Waals surface area contributed by atoms with Gasteiger partial charge in [-0.05, 0) is 22.6 Å². The average Bonchev–Trinajstić information content (AvgIpc) is 1.75. The van der Waals surface area contributed by atoms with Crippen LogP contribution in [0, 0.1) is 0 Å². The molecule has 0 aromatic carbocycles. The Morgan fingerprint density at radius 3 is 1.57 bits per heavy atom. The van der Waals surface area contributed by atoms with Gasteiger partial charge in [0.15, 0.2) is 0 Å². The highest BCUT2D eigenvalue weighted by atomic mass is 31.0. The van der Waals surface area contributed by atoms with E-state index in [0.717, 1.165) is 13.1 Å². The van der Waals surface area contributed by atoms with Gasteiger partial charge in [0.05, 0.1) is 0 Å². The number of hydrogen-bond donors (Lipinski definition) is 2. The van der Waals surface area contributed by atoms with Gasteiger partial charge in [-0.25, -0.2) is 0 Å². The molecule has 0 rings (SSSR count). The molecule has 0 aliphatic heterocycles. The minimum absolute atomic E-state index is 1.09. The maximum absolute atomic E-state index is 6.92. The highest BCUT2D eigenvalue weighted by molar-refractivity contribution is 7.08. The lowest BCUT2D eigenvalue weighted by atomic mass is 10.7. The number of rotatable bonds is 2. The van der Waals surface area contributed by atoms with Crippen molar-refractivity contribution in [2.45, 2.75) is 13.8 Å². The van der Waals surface area contributed by atoms with E-state index in [2.05, 4.69) is 19.2 Å². The maximum atomic E-state index is 6.92. The van der Waals surface area contributed by atoms with Crippen LogP contribution in [0.5, 0.6) is 0 Å². The van der Waals surface area contributed by atoms with Crippen molar-refractivity contribution in [3.8, 4) is 0 Å². The van der Waals surface area contributed by atoms with E-state index in [1.807, 2.05) is 0 Å². The van der Waals surface area contributed by atoms with Gasteiger partial charge in [-0.2, -0.15) is 0 Å². The van der Waals surface area contributed by atoms with Gasteiger partial charge in [0, 0.05) is 0 Å². The summed E-state index contributed by atoms with van der Waals surface area (Å²) in [6.45, 7) is 6.39. The molecule has 0 amide bonds. The smallest absolute Gasteiger partial charge is 0.00391 e. The summed E-state index contributed by atoms with van der Waals surface area (Å²) in [4.78, 5) is 6.92. The first-order valence-electron chi connectivity index (χ1n) is 2.38. The molecule has 46 valence electrons. The Morgan fingerprint density at radius 1 is 1.29 bits per heavy atom. The second-order valence-corrected chi connectivity index (χ2v) is 0.957. The highest BCUT2D eigenvalue weighted by Gasteiger charge is 1.62. The van der Waals surface area contributed by atoms with Crippen LogP contribution in [-0.4, -0.2) is 18.0 Å². The van der Waals surface area contributed by atoms with E-state index in [1.54, 1.807) is 0 Å². The molecule has 0 aromatic heterocycles. The fraction of sp³-hybridized carbons (Fsp3) is 1.00. The van der Waals surface area contributed by atoms with Gasteiger partial charge in [-0.3, -0.25) is 0 Å². The molecular formula is C4H14NOP. The van der Waals surface area contributed by atoms with Crippen molar-refractivity contribution in [2.75, 3.05) is 13.1 Å². The molecular weight excluding hydrogens is 109 g/mol. The fourth-order valence-corrected chi connectivity index (χ4v) is 0.250. The van der Waals surface area contributed by atoms with Crippen LogP contribution in [0.4, 0.5) is 0 Å². The molecule has 7 heavy (non-hydrogen) atoms. The molecule has 0 aliphatic carbocycles. The maximum Gasteiger partial charge on any atom is -0.00391 e. The predicted molar refractivity (Wildman–Crippen MR) is 36.1 cm³/mol. The molecule has 0 radical (unpaired) electrons. The zero-order valence-corrected chi connectivity index (χ0v) is 6.09. The van der Waals surface area contributed by atoms with Crippen LogP contribution in [0.25, 0.3) is 0 Å². The molecule has 2 nitrogen and oxygen atoms in total. The van der Waals surface area contributed by atoms with Gasteiger partial charge in [0.1, 0.15) is 0 Å². The lowest BCUT2D eigenvalue weighted by molar-refractivity contribution is 0.664. The van der Waals surface area contributed by atoms with E-state index < -0.39 is 0 Å². The highest BCUT2D eigenvalue weighted by Crippen LogP contribution is 1.47. The van der Waals surface area contributed by atoms with Crippen LogP contribution in [-0.2, 0) is 0 Å². The summed E-state index contributed by atoms with van der Waals surface area (Å²) >= 11 is 0. The van der Waals surface area contributed by atoms with Gasteiger partial charge in [0.25, 0.3) is 0 Å². The van der Waals surface area contributed by atoms with Crippen molar-refractivity contribution in [2.24, 2.45) is 0 Å². The van der Waals surface area contributed by atoms with Gasteiger partial charge < -0.3 is 10.2 Å². The molecule has 0 heterocycles. The van der Waals surface area contributed by atoms with Crippen LogP contribution < -0.4 is 5.32 Å². The number of hydrogen-bond acceptors (Lipinski definition) is 2. The van der Waals surface area contributed by atoms with E-state index in [1.165, 1.54) is 9.47 Å². The second kappa shape index (κ2) is 16.2. The normalized spacial score (nSPS) is 6.86. The SMILES string of the molecule is CCNCC.OP. The third-order valence-electron chi connectivity index (χ3n) is 0.500. The van der Waals surface area contributed by atoms with Crippen molar-refractivity contribution in [1.29, 1.82) is 0 Å². The van der Waals surface area contributed by atoms with Gasteiger partial charge in [0.2, 0.25) is 0 Å². The van der Waals surface area contributed by atoms with E-state index in [9.17, 15) is 0 Å². The summed E-state index contributed by atoms with van der Waals surface area (Å²) in [5, 5.41) is 3.11. The Kier molecular flexibility index (Phi) is 24.0. The molecule has 0 spiro atoms. The average molecular weight is 123 g/mol. The first-order chi connectivity index (χ1) is 3.41. The molecule has 0 saturated carbocycles. The molecule has 0 saturated heterocycles. The Labute approximate surface area is 47.6 Å². The zero-order chi connectivity index (χ0) is 6.12. The van der Waals surface area contributed by atoms with Gasteiger partial charge in [-0.1, -0.05) is 13.8 Å². The van der Waals surface area contributed by atoms with Crippen LogP contribution >= 0.6 is 9.47 Å².